The van der Waals surface area contributed by atoms with Gasteiger partial charge in [-0.15, -0.1) is 0 Å². The zero-order valence-corrected chi connectivity index (χ0v) is 13.0. The van der Waals surface area contributed by atoms with Crippen molar-refractivity contribution in [2.24, 2.45) is 5.73 Å². The highest BCUT2D eigenvalue weighted by Crippen LogP contribution is 2.22. The summed E-state index contributed by atoms with van der Waals surface area (Å²) >= 11 is 5.18. The van der Waals surface area contributed by atoms with E-state index in [9.17, 15) is 0 Å². The topological polar surface area (TPSA) is 54.2 Å². The Morgan fingerprint density at radius 1 is 1.33 bits per heavy atom. The minimum Gasteiger partial charge on any atom is -0.389 e. The molecule has 4 nitrogen and oxygen atoms in total. The number of hydrogen-bond donors (Lipinski definition) is 2. The van der Waals surface area contributed by atoms with E-state index in [4.69, 9.17) is 22.9 Å². The Balaban J connectivity index is 1.90. The van der Waals surface area contributed by atoms with Gasteiger partial charge in [-0.25, -0.2) is 4.98 Å². The fraction of sp³-hybridized carbons (Fsp3) is 0.375. The predicted octanol–water partition coefficient (Wildman–Crippen LogP) is 2.38. The van der Waals surface area contributed by atoms with Crippen LogP contribution in [0.25, 0.3) is 10.9 Å². The van der Waals surface area contributed by atoms with Crippen molar-refractivity contribution < 1.29 is 0 Å². The van der Waals surface area contributed by atoms with Gasteiger partial charge in [-0.2, -0.15) is 0 Å². The Hall–Kier alpha value is -1.72. The number of rotatable bonds is 3. The van der Waals surface area contributed by atoms with Crippen LogP contribution in [0.1, 0.15) is 18.4 Å². The summed E-state index contributed by atoms with van der Waals surface area (Å²) in [5, 5.41) is 4.55. The Kier molecular flexibility index (Phi) is 4.03. The highest BCUT2D eigenvalue weighted by molar-refractivity contribution is 7.80. The molecule has 1 aliphatic heterocycles. The van der Waals surface area contributed by atoms with E-state index in [1.165, 1.54) is 0 Å². The van der Waals surface area contributed by atoms with Crippen molar-refractivity contribution in [3.05, 3.63) is 35.9 Å². The van der Waals surface area contributed by atoms with Crippen molar-refractivity contribution in [1.29, 1.82) is 0 Å². The van der Waals surface area contributed by atoms with E-state index in [2.05, 4.69) is 17.3 Å². The van der Waals surface area contributed by atoms with E-state index in [-0.39, 0.29) is 0 Å². The largest absolute Gasteiger partial charge is 0.389 e. The number of aromatic nitrogens is 1. The average molecular weight is 300 g/mol. The lowest BCUT2D eigenvalue weighted by Gasteiger charge is -2.30. The van der Waals surface area contributed by atoms with Crippen molar-refractivity contribution in [2.45, 2.75) is 18.9 Å². The molecule has 1 aromatic heterocycles. The van der Waals surface area contributed by atoms with Crippen LogP contribution in [0.4, 0.5) is 5.82 Å². The smallest absolute Gasteiger partial charge is 0.127 e. The number of benzene rings is 1. The van der Waals surface area contributed by atoms with E-state index in [1.807, 2.05) is 30.3 Å². The van der Waals surface area contributed by atoms with Crippen molar-refractivity contribution >= 4 is 33.9 Å². The van der Waals surface area contributed by atoms with Gasteiger partial charge in [-0.1, -0.05) is 30.4 Å². The number of nitrogens with one attached hydrogen (secondary N) is 1. The molecule has 0 bridgehead atoms. The molecule has 3 N–H and O–H groups in total. The Bertz CT molecular complexity index is 662. The lowest BCUT2D eigenvalue weighted by atomic mass is 10.0. The normalized spacial score (nSPS) is 17.0. The summed E-state index contributed by atoms with van der Waals surface area (Å²) in [6.07, 6.45) is 2.26. The maximum Gasteiger partial charge on any atom is 0.127 e. The van der Waals surface area contributed by atoms with Gasteiger partial charge in [0.05, 0.1) is 5.52 Å². The second kappa shape index (κ2) is 5.95. The molecule has 1 aliphatic rings. The summed E-state index contributed by atoms with van der Waals surface area (Å²) < 4.78 is 0. The molecule has 2 aromatic rings. The molecule has 0 unspecified atom stereocenters. The lowest BCUT2D eigenvalue weighted by Crippen LogP contribution is -2.36. The first-order valence-electron chi connectivity index (χ1n) is 7.28. The van der Waals surface area contributed by atoms with Crippen molar-refractivity contribution in [3.8, 4) is 0 Å². The number of fused-ring (bicyclic) bond motifs is 1. The minimum absolute atomic E-state index is 0.417. The molecule has 21 heavy (non-hydrogen) atoms. The molecule has 5 heteroatoms. The van der Waals surface area contributed by atoms with Crippen LogP contribution in [0.5, 0.6) is 0 Å². The van der Waals surface area contributed by atoms with E-state index < -0.39 is 0 Å². The van der Waals surface area contributed by atoms with Crippen LogP contribution in [0, 0.1) is 0 Å². The van der Waals surface area contributed by atoms with Gasteiger partial charge in [0, 0.05) is 17.0 Å². The third-order valence-corrected chi connectivity index (χ3v) is 4.27. The maximum absolute atomic E-state index is 5.87. The van der Waals surface area contributed by atoms with E-state index in [1.54, 1.807) is 0 Å². The van der Waals surface area contributed by atoms with Crippen LogP contribution < -0.4 is 11.1 Å². The number of anilines is 1. The van der Waals surface area contributed by atoms with Gasteiger partial charge >= 0.3 is 0 Å². The Labute approximate surface area is 130 Å². The molecule has 110 valence electrons. The number of thiocarbonyl (C=S) groups is 1. The van der Waals surface area contributed by atoms with Gasteiger partial charge in [0.15, 0.2) is 0 Å². The number of hydrogen-bond acceptors (Lipinski definition) is 4. The van der Waals surface area contributed by atoms with Crippen LogP contribution >= 0.6 is 12.2 Å². The zero-order valence-electron chi connectivity index (χ0n) is 12.2. The Morgan fingerprint density at radius 3 is 2.76 bits per heavy atom. The monoisotopic (exact) mass is 300 g/mol. The lowest BCUT2D eigenvalue weighted by molar-refractivity contribution is 0.263. The maximum atomic E-state index is 5.87. The van der Waals surface area contributed by atoms with E-state index >= 15 is 0 Å². The van der Waals surface area contributed by atoms with Gasteiger partial charge in [0.1, 0.15) is 10.8 Å². The summed E-state index contributed by atoms with van der Waals surface area (Å²) in [6.45, 7) is 2.24. The molecule has 3 rings (SSSR count). The molecule has 0 radical (unpaired) electrons. The molecular formula is C16H20N4S. The third kappa shape index (κ3) is 3.14. The second-order valence-electron chi connectivity index (χ2n) is 5.66. The molecule has 0 amide bonds. The molecule has 1 fully saturated rings. The molecule has 2 heterocycles. The molecule has 0 aliphatic carbocycles. The summed E-state index contributed by atoms with van der Waals surface area (Å²) in [7, 11) is 2.16. The molecule has 1 aromatic carbocycles. The second-order valence-corrected chi connectivity index (χ2v) is 6.10. The van der Waals surface area contributed by atoms with Crippen molar-refractivity contribution in [2.75, 3.05) is 25.5 Å². The first kappa shape index (κ1) is 14.2. The van der Waals surface area contributed by atoms with Gasteiger partial charge < -0.3 is 16.0 Å². The molecule has 1 saturated heterocycles. The van der Waals surface area contributed by atoms with E-state index in [0.29, 0.717) is 11.0 Å². The number of likely N-dealkylation sites (tertiary alicyclic amines) is 1. The highest BCUT2D eigenvalue weighted by atomic mass is 32.1. The third-order valence-electron chi connectivity index (χ3n) is 4.05. The molecule has 0 atom stereocenters. The summed E-state index contributed by atoms with van der Waals surface area (Å²) in [5.74, 6) is 0.867. The first-order valence-corrected chi connectivity index (χ1v) is 7.69. The van der Waals surface area contributed by atoms with Crippen LogP contribution in [0.3, 0.4) is 0 Å². The molecule has 0 saturated carbocycles. The van der Waals surface area contributed by atoms with E-state index in [0.717, 1.165) is 48.2 Å². The molecule has 0 spiro atoms. The minimum atomic E-state index is 0.417. The first-order chi connectivity index (χ1) is 10.1. The van der Waals surface area contributed by atoms with Gasteiger partial charge in [0.2, 0.25) is 0 Å². The fourth-order valence-electron chi connectivity index (χ4n) is 2.82. The van der Waals surface area contributed by atoms with Gasteiger partial charge in [0.25, 0.3) is 0 Å². The van der Waals surface area contributed by atoms with Gasteiger partial charge in [-0.3, -0.25) is 0 Å². The van der Waals surface area contributed by atoms with Crippen molar-refractivity contribution in [1.82, 2.24) is 9.88 Å². The average Bonchev–Trinajstić information content (AvgIpc) is 2.48. The zero-order chi connectivity index (χ0) is 14.8. The van der Waals surface area contributed by atoms with Crippen LogP contribution in [0.15, 0.2) is 30.3 Å². The SMILES string of the molecule is CN1CCC(Nc2cc(C(N)=S)c3ccccc3n2)CC1. The predicted molar refractivity (Wildman–Crippen MR) is 91.8 cm³/mol. The van der Waals surface area contributed by atoms with Crippen LogP contribution in [-0.4, -0.2) is 41.1 Å². The molecular weight excluding hydrogens is 280 g/mol. The number of para-hydroxylation sites is 1. The van der Waals surface area contributed by atoms with Crippen LogP contribution in [-0.2, 0) is 0 Å². The summed E-state index contributed by atoms with van der Waals surface area (Å²) in [6, 6.07) is 10.4. The highest BCUT2D eigenvalue weighted by Gasteiger charge is 2.17. The summed E-state index contributed by atoms with van der Waals surface area (Å²) in [4.78, 5) is 7.46. The number of piperidine rings is 1. The fourth-order valence-corrected chi connectivity index (χ4v) is 2.98. The summed E-state index contributed by atoms with van der Waals surface area (Å²) in [5.41, 5.74) is 7.69. The van der Waals surface area contributed by atoms with Gasteiger partial charge in [-0.05, 0) is 45.1 Å². The number of nitrogens with two attached hydrogens (primary N) is 1. The Morgan fingerprint density at radius 2 is 2.05 bits per heavy atom. The number of nitrogens with zero attached hydrogens (tertiary/aromatic N) is 2. The standard InChI is InChI=1S/C16H20N4S/c1-20-8-6-11(7-9-20)18-15-10-13(16(17)21)12-4-2-3-5-14(12)19-15/h2-5,10-11H,6-9H2,1H3,(H2,17,21)(H,18,19). The quantitative estimate of drug-likeness (QED) is 0.852. The number of pyridine rings is 1. The van der Waals surface area contributed by atoms with Crippen molar-refractivity contribution in [3.63, 3.8) is 0 Å². The van der Waals surface area contributed by atoms with Crippen LogP contribution in [0.2, 0.25) is 0 Å².